The molecule has 1 fully saturated rings. The molecule has 2 aliphatic rings. The predicted molar refractivity (Wildman–Crippen MR) is 121 cm³/mol. The first-order valence-electron chi connectivity index (χ1n) is 11.2. The van der Waals surface area contributed by atoms with E-state index >= 15 is 0 Å². The SMILES string of the molecule is O=C(NCC1CCc2nc(-c3ccccc3)[nH]c(=O)c2CC1)C1(c2ccccc2)CC1. The minimum absolute atomic E-state index is 0.0328. The molecule has 0 bridgehead atoms. The van der Waals surface area contributed by atoms with Crippen molar-refractivity contribution in [1.29, 1.82) is 0 Å². The topological polar surface area (TPSA) is 74.8 Å². The van der Waals surface area contributed by atoms with Crippen molar-refractivity contribution in [3.8, 4) is 11.4 Å². The van der Waals surface area contributed by atoms with Crippen LogP contribution in [-0.4, -0.2) is 22.4 Å². The highest BCUT2D eigenvalue weighted by molar-refractivity contribution is 5.91. The normalized spacial score (nSPS) is 19.2. The second kappa shape index (κ2) is 8.14. The van der Waals surface area contributed by atoms with Gasteiger partial charge in [0, 0.05) is 17.7 Å². The Labute approximate surface area is 181 Å². The fraction of sp³-hybridized carbons (Fsp3) is 0.346. The zero-order valence-corrected chi connectivity index (χ0v) is 17.6. The lowest BCUT2D eigenvalue weighted by atomic mass is 9.94. The summed E-state index contributed by atoms with van der Waals surface area (Å²) in [6.45, 7) is 0.658. The van der Waals surface area contributed by atoms with Gasteiger partial charge in [-0.3, -0.25) is 9.59 Å². The van der Waals surface area contributed by atoms with Crippen LogP contribution in [0, 0.1) is 5.92 Å². The molecule has 158 valence electrons. The number of carbonyl (C=O) groups excluding carboxylic acids is 1. The van der Waals surface area contributed by atoms with E-state index in [4.69, 9.17) is 4.98 Å². The molecule has 0 aliphatic heterocycles. The summed E-state index contributed by atoms with van der Waals surface area (Å²) in [4.78, 5) is 33.4. The van der Waals surface area contributed by atoms with Crippen molar-refractivity contribution in [3.63, 3.8) is 0 Å². The van der Waals surface area contributed by atoms with Gasteiger partial charge in [0.15, 0.2) is 0 Å². The molecule has 1 aromatic heterocycles. The highest BCUT2D eigenvalue weighted by atomic mass is 16.2. The van der Waals surface area contributed by atoms with Gasteiger partial charge in [-0.05, 0) is 50.0 Å². The van der Waals surface area contributed by atoms with Crippen molar-refractivity contribution in [2.75, 3.05) is 6.54 Å². The molecule has 2 aromatic carbocycles. The zero-order chi connectivity index (χ0) is 21.3. The van der Waals surface area contributed by atoms with Crippen LogP contribution in [0.3, 0.4) is 0 Å². The number of carbonyl (C=O) groups is 1. The van der Waals surface area contributed by atoms with Crippen molar-refractivity contribution in [2.45, 2.75) is 43.9 Å². The number of aromatic amines is 1. The van der Waals surface area contributed by atoms with Crippen LogP contribution in [0.5, 0.6) is 0 Å². The molecule has 1 amide bonds. The molecule has 1 atom stereocenters. The summed E-state index contributed by atoms with van der Waals surface area (Å²) >= 11 is 0. The van der Waals surface area contributed by atoms with Crippen molar-refractivity contribution in [1.82, 2.24) is 15.3 Å². The molecule has 5 rings (SSSR count). The smallest absolute Gasteiger partial charge is 0.254 e. The quantitative estimate of drug-likeness (QED) is 0.625. The summed E-state index contributed by atoms with van der Waals surface area (Å²) in [7, 11) is 0. The standard InChI is InChI=1S/C26H27N3O2/c30-24-21-13-11-18(12-14-22(21)28-23(29-24)19-7-3-1-4-8-19)17-27-25(31)26(15-16-26)20-9-5-2-6-10-20/h1-10,18H,11-17H2,(H,27,31)(H,28,29,30). The fourth-order valence-electron chi connectivity index (χ4n) is 4.71. The summed E-state index contributed by atoms with van der Waals surface area (Å²) in [5, 5.41) is 3.21. The molecular formula is C26H27N3O2. The number of amides is 1. The lowest BCUT2D eigenvalue weighted by molar-refractivity contribution is -0.123. The first-order valence-corrected chi connectivity index (χ1v) is 11.2. The van der Waals surface area contributed by atoms with E-state index in [1.54, 1.807) is 0 Å². The third-order valence-corrected chi connectivity index (χ3v) is 6.80. The van der Waals surface area contributed by atoms with Crippen LogP contribution >= 0.6 is 0 Å². The number of hydrogen-bond acceptors (Lipinski definition) is 3. The minimum Gasteiger partial charge on any atom is -0.355 e. The van der Waals surface area contributed by atoms with Crippen LogP contribution in [0.2, 0.25) is 0 Å². The van der Waals surface area contributed by atoms with E-state index in [1.807, 2.05) is 48.5 Å². The average molecular weight is 414 g/mol. The first kappa shape index (κ1) is 19.7. The number of nitrogens with zero attached hydrogens (tertiary/aromatic N) is 1. The van der Waals surface area contributed by atoms with E-state index < -0.39 is 0 Å². The maximum atomic E-state index is 13.0. The van der Waals surface area contributed by atoms with Crippen molar-refractivity contribution in [3.05, 3.63) is 87.8 Å². The summed E-state index contributed by atoms with van der Waals surface area (Å²) in [6, 6.07) is 19.9. The van der Waals surface area contributed by atoms with E-state index in [-0.39, 0.29) is 16.9 Å². The van der Waals surface area contributed by atoms with Gasteiger partial charge in [0.25, 0.3) is 5.56 Å². The maximum absolute atomic E-state index is 13.0. The lowest BCUT2D eigenvalue weighted by Gasteiger charge is -2.19. The Morgan fingerprint density at radius 1 is 1.00 bits per heavy atom. The number of nitrogens with one attached hydrogen (secondary N) is 2. The molecule has 5 heteroatoms. The summed E-state index contributed by atoms with van der Waals surface area (Å²) in [5.41, 5.74) is 3.37. The van der Waals surface area contributed by atoms with E-state index in [1.165, 1.54) is 0 Å². The van der Waals surface area contributed by atoms with Crippen LogP contribution < -0.4 is 10.9 Å². The molecule has 1 unspecified atom stereocenters. The van der Waals surface area contributed by atoms with Gasteiger partial charge in [-0.25, -0.2) is 4.98 Å². The molecule has 5 nitrogen and oxygen atoms in total. The Kier molecular flexibility index (Phi) is 5.18. The van der Waals surface area contributed by atoms with Gasteiger partial charge < -0.3 is 10.3 Å². The number of aromatic nitrogens is 2. The van der Waals surface area contributed by atoms with E-state index in [9.17, 15) is 9.59 Å². The largest absolute Gasteiger partial charge is 0.355 e. The lowest BCUT2D eigenvalue weighted by Crippen LogP contribution is -2.37. The predicted octanol–water partition coefficient (Wildman–Crippen LogP) is 3.78. The van der Waals surface area contributed by atoms with Gasteiger partial charge in [0.1, 0.15) is 5.82 Å². The third kappa shape index (κ3) is 3.92. The maximum Gasteiger partial charge on any atom is 0.254 e. The van der Waals surface area contributed by atoms with Crippen molar-refractivity contribution in [2.24, 2.45) is 5.92 Å². The van der Waals surface area contributed by atoms with Gasteiger partial charge in [-0.15, -0.1) is 0 Å². The van der Waals surface area contributed by atoms with Crippen molar-refractivity contribution >= 4 is 5.91 Å². The summed E-state index contributed by atoms with van der Waals surface area (Å²) < 4.78 is 0. The Bertz CT molecular complexity index is 1130. The van der Waals surface area contributed by atoms with Crippen LogP contribution in [0.25, 0.3) is 11.4 Å². The van der Waals surface area contributed by atoms with Crippen LogP contribution in [0.4, 0.5) is 0 Å². The molecule has 1 heterocycles. The highest BCUT2D eigenvalue weighted by Crippen LogP contribution is 2.48. The third-order valence-electron chi connectivity index (χ3n) is 6.80. The molecule has 0 radical (unpaired) electrons. The Hall–Kier alpha value is -3.21. The fourth-order valence-corrected chi connectivity index (χ4v) is 4.71. The number of hydrogen-bond donors (Lipinski definition) is 2. The Morgan fingerprint density at radius 2 is 1.68 bits per heavy atom. The molecular weight excluding hydrogens is 386 g/mol. The number of rotatable bonds is 5. The molecule has 2 aliphatic carbocycles. The van der Waals surface area contributed by atoms with Gasteiger partial charge in [0.05, 0.1) is 11.1 Å². The van der Waals surface area contributed by atoms with E-state index in [0.29, 0.717) is 24.7 Å². The van der Waals surface area contributed by atoms with Crippen molar-refractivity contribution < 1.29 is 4.79 Å². The first-order chi connectivity index (χ1) is 15.2. The molecule has 31 heavy (non-hydrogen) atoms. The van der Waals surface area contributed by atoms with Crippen LogP contribution in [0.1, 0.15) is 42.5 Å². The summed E-state index contributed by atoms with van der Waals surface area (Å²) in [5.74, 6) is 1.13. The average Bonchev–Trinajstić information content (AvgIpc) is 3.64. The van der Waals surface area contributed by atoms with E-state index in [0.717, 1.165) is 54.5 Å². The molecule has 2 N–H and O–H groups in total. The second-order valence-corrected chi connectivity index (χ2v) is 8.81. The second-order valence-electron chi connectivity index (χ2n) is 8.81. The monoisotopic (exact) mass is 413 g/mol. The van der Waals surface area contributed by atoms with Gasteiger partial charge >= 0.3 is 0 Å². The summed E-state index contributed by atoms with van der Waals surface area (Å²) in [6.07, 6.45) is 5.12. The number of fused-ring (bicyclic) bond motifs is 1. The zero-order valence-electron chi connectivity index (χ0n) is 17.6. The molecule has 3 aromatic rings. The van der Waals surface area contributed by atoms with Crippen LogP contribution in [0.15, 0.2) is 65.5 Å². The molecule has 0 saturated heterocycles. The number of benzene rings is 2. The molecule has 1 saturated carbocycles. The number of aryl methyl sites for hydroxylation is 1. The highest BCUT2D eigenvalue weighted by Gasteiger charge is 2.51. The Balaban J connectivity index is 1.25. The van der Waals surface area contributed by atoms with E-state index in [2.05, 4.69) is 22.4 Å². The Morgan fingerprint density at radius 3 is 2.39 bits per heavy atom. The number of H-pyrrole nitrogens is 1. The van der Waals surface area contributed by atoms with Gasteiger partial charge in [-0.1, -0.05) is 60.7 Å². The van der Waals surface area contributed by atoms with Gasteiger partial charge in [-0.2, -0.15) is 0 Å². The minimum atomic E-state index is -0.335. The van der Waals surface area contributed by atoms with Gasteiger partial charge in [0.2, 0.25) is 5.91 Å². The molecule has 0 spiro atoms. The van der Waals surface area contributed by atoms with Crippen LogP contribution in [-0.2, 0) is 23.1 Å².